The van der Waals surface area contributed by atoms with E-state index in [1.165, 1.54) is 0 Å². The molecule has 0 unspecified atom stereocenters. The molecule has 4 N–H and O–H groups in total. The van der Waals surface area contributed by atoms with Gasteiger partial charge in [0.05, 0.1) is 0 Å². The Hall–Kier alpha value is -2.37. The Bertz CT molecular complexity index is 781. The molecule has 140 valence electrons. The van der Waals surface area contributed by atoms with Crippen LogP contribution in [0, 0.1) is 12.3 Å². The van der Waals surface area contributed by atoms with Gasteiger partial charge in [0.1, 0.15) is 0 Å². The highest BCUT2D eigenvalue weighted by Gasteiger charge is 2.21. The number of aryl methyl sites for hydroxylation is 1. The molecule has 2 aromatic carbocycles. The molecule has 2 amide bonds. The van der Waals surface area contributed by atoms with Crippen LogP contribution >= 0.6 is 12.4 Å². The van der Waals surface area contributed by atoms with Gasteiger partial charge in [-0.15, -0.1) is 12.4 Å². The number of benzene rings is 2. The molecule has 0 saturated heterocycles. The Kier molecular flexibility index (Phi) is 7.36. The third kappa shape index (κ3) is 5.58. The molecule has 0 atom stereocenters. The number of amides is 2. The largest absolute Gasteiger partial charge is 0.326 e. The number of hydrogen-bond acceptors (Lipinski definition) is 3. The van der Waals surface area contributed by atoms with E-state index in [2.05, 4.69) is 10.6 Å². The van der Waals surface area contributed by atoms with E-state index >= 15 is 0 Å². The lowest BCUT2D eigenvalue weighted by atomic mass is 9.95. The first-order valence-corrected chi connectivity index (χ1v) is 8.23. The molecule has 26 heavy (non-hydrogen) atoms. The van der Waals surface area contributed by atoms with E-state index in [-0.39, 0.29) is 24.2 Å². The number of halogens is 1. The molecule has 5 nitrogen and oxygen atoms in total. The van der Waals surface area contributed by atoms with Gasteiger partial charge in [-0.3, -0.25) is 9.59 Å². The molecule has 0 aliphatic heterocycles. The molecule has 0 saturated carbocycles. The van der Waals surface area contributed by atoms with Crippen molar-refractivity contribution in [1.29, 1.82) is 0 Å². The van der Waals surface area contributed by atoms with Gasteiger partial charge in [-0.1, -0.05) is 39.0 Å². The van der Waals surface area contributed by atoms with Crippen molar-refractivity contribution in [1.82, 2.24) is 0 Å². The van der Waals surface area contributed by atoms with Crippen molar-refractivity contribution < 1.29 is 9.59 Å². The van der Waals surface area contributed by atoms with Crippen LogP contribution in [0.25, 0.3) is 0 Å². The van der Waals surface area contributed by atoms with Crippen molar-refractivity contribution in [2.45, 2.75) is 34.2 Å². The van der Waals surface area contributed by atoms with Crippen molar-refractivity contribution in [3.8, 4) is 0 Å². The van der Waals surface area contributed by atoms with Crippen LogP contribution in [-0.2, 0) is 11.3 Å². The van der Waals surface area contributed by atoms with Gasteiger partial charge in [-0.05, 0) is 42.3 Å². The van der Waals surface area contributed by atoms with Gasteiger partial charge in [0.15, 0.2) is 0 Å². The number of rotatable bonds is 4. The summed E-state index contributed by atoms with van der Waals surface area (Å²) >= 11 is 0. The van der Waals surface area contributed by atoms with E-state index < -0.39 is 5.41 Å². The molecule has 0 radical (unpaired) electrons. The number of hydrogen-bond donors (Lipinski definition) is 3. The standard InChI is InChI=1S/C20H25N3O2.ClH/c1-13-5-10-16(22-19(25)20(2,3)4)11-17(13)23-18(24)15-8-6-14(12-21)7-9-15;/h5-11H,12,21H2,1-4H3,(H,22,25)(H,23,24);1H. The second-order valence-corrected chi connectivity index (χ2v) is 7.09. The topological polar surface area (TPSA) is 84.2 Å². The molecule has 6 heteroatoms. The fourth-order valence-corrected chi connectivity index (χ4v) is 2.14. The molecular formula is C20H26ClN3O2. The van der Waals surface area contributed by atoms with Crippen LogP contribution in [0.5, 0.6) is 0 Å². The van der Waals surface area contributed by atoms with E-state index in [1.54, 1.807) is 18.2 Å². The summed E-state index contributed by atoms with van der Waals surface area (Å²) in [5.74, 6) is -0.281. The van der Waals surface area contributed by atoms with Gasteiger partial charge >= 0.3 is 0 Å². The van der Waals surface area contributed by atoms with Crippen LogP contribution in [-0.4, -0.2) is 11.8 Å². The summed E-state index contributed by atoms with van der Waals surface area (Å²) in [4.78, 5) is 24.6. The smallest absolute Gasteiger partial charge is 0.255 e. The van der Waals surface area contributed by atoms with Crippen LogP contribution < -0.4 is 16.4 Å². The van der Waals surface area contributed by atoms with E-state index in [4.69, 9.17) is 5.73 Å². The number of anilines is 2. The average Bonchev–Trinajstić information content (AvgIpc) is 2.57. The Balaban J connectivity index is 0.00000338. The van der Waals surface area contributed by atoms with Gasteiger partial charge in [-0.25, -0.2) is 0 Å². The molecule has 0 aliphatic rings. The SMILES string of the molecule is Cc1ccc(NC(=O)C(C)(C)C)cc1NC(=O)c1ccc(CN)cc1.Cl. The number of carbonyl (C=O) groups is 2. The second-order valence-electron chi connectivity index (χ2n) is 7.09. The van der Waals surface area contributed by atoms with Crippen LogP contribution in [0.2, 0.25) is 0 Å². The maximum absolute atomic E-state index is 12.4. The van der Waals surface area contributed by atoms with Crippen molar-refractivity contribution >= 4 is 35.6 Å². The Morgan fingerprint density at radius 1 is 1.00 bits per heavy atom. The zero-order valence-corrected chi connectivity index (χ0v) is 16.4. The summed E-state index contributed by atoms with van der Waals surface area (Å²) < 4.78 is 0. The molecule has 0 spiro atoms. The highest BCUT2D eigenvalue weighted by Crippen LogP contribution is 2.23. The van der Waals surface area contributed by atoms with Crippen LogP contribution in [0.4, 0.5) is 11.4 Å². The summed E-state index contributed by atoms with van der Waals surface area (Å²) in [5.41, 5.74) is 8.85. The third-order valence-corrected chi connectivity index (χ3v) is 3.88. The average molecular weight is 376 g/mol. The van der Waals surface area contributed by atoms with Crippen LogP contribution in [0.15, 0.2) is 42.5 Å². The molecule has 0 aliphatic carbocycles. The fourth-order valence-electron chi connectivity index (χ4n) is 2.14. The monoisotopic (exact) mass is 375 g/mol. The maximum atomic E-state index is 12.4. The molecular weight excluding hydrogens is 350 g/mol. The number of nitrogens with one attached hydrogen (secondary N) is 2. The van der Waals surface area contributed by atoms with Crippen molar-refractivity contribution in [2.24, 2.45) is 11.1 Å². The summed E-state index contributed by atoms with van der Waals surface area (Å²) in [5, 5.41) is 5.77. The summed E-state index contributed by atoms with van der Waals surface area (Å²) in [6, 6.07) is 12.6. The Morgan fingerprint density at radius 3 is 2.15 bits per heavy atom. The van der Waals surface area contributed by atoms with Gasteiger partial charge in [0, 0.05) is 28.9 Å². The molecule has 0 bridgehead atoms. The quantitative estimate of drug-likeness (QED) is 0.751. The normalized spacial score (nSPS) is 10.7. The molecule has 0 fully saturated rings. The number of carbonyl (C=O) groups excluding carboxylic acids is 2. The molecule has 0 heterocycles. The predicted octanol–water partition coefficient (Wildman–Crippen LogP) is 4.11. The lowest BCUT2D eigenvalue weighted by molar-refractivity contribution is -0.123. The van der Waals surface area contributed by atoms with E-state index in [1.807, 2.05) is 52.0 Å². The minimum absolute atomic E-state index is 0. The lowest BCUT2D eigenvalue weighted by Gasteiger charge is -2.18. The zero-order chi connectivity index (χ0) is 18.6. The minimum atomic E-state index is -0.487. The van der Waals surface area contributed by atoms with Gasteiger partial charge in [0.25, 0.3) is 5.91 Å². The summed E-state index contributed by atoms with van der Waals surface area (Å²) in [7, 11) is 0. The van der Waals surface area contributed by atoms with E-state index in [0.717, 1.165) is 11.1 Å². The third-order valence-electron chi connectivity index (χ3n) is 3.88. The molecule has 2 aromatic rings. The van der Waals surface area contributed by atoms with Gasteiger partial charge < -0.3 is 16.4 Å². The minimum Gasteiger partial charge on any atom is -0.326 e. The summed E-state index contributed by atoms with van der Waals surface area (Å²) in [6.45, 7) is 7.90. The highest BCUT2D eigenvalue weighted by atomic mass is 35.5. The first kappa shape index (κ1) is 21.7. The van der Waals surface area contributed by atoms with Crippen molar-refractivity contribution in [2.75, 3.05) is 10.6 Å². The van der Waals surface area contributed by atoms with Crippen molar-refractivity contribution in [3.05, 3.63) is 59.2 Å². The lowest BCUT2D eigenvalue weighted by Crippen LogP contribution is -2.27. The second kappa shape index (κ2) is 8.83. The van der Waals surface area contributed by atoms with Crippen LogP contribution in [0.1, 0.15) is 42.3 Å². The predicted molar refractivity (Wildman–Crippen MR) is 109 cm³/mol. The maximum Gasteiger partial charge on any atom is 0.255 e. The molecule has 2 rings (SSSR count). The fraction of sp³-hybridized carbons (Fsp3) is 0.300. The Morgan fingerprint density at radius 2 is 1.62 bits per heavy atom. The molecule has 0 aromatic heterocycles. The van der Waals surface area contributed by atoms with Gasteiger partial charge in [0.2, 0.25) is 5.91 Å². The number of nitrogens with two attached hydrogens (primary N) is 1. The first-order valence-electron chi connectivity index (χ1n) is 8.23. The van der Waals surface area contributed by atoms with Crippen molar-refractivity contribution in [3.63, 3.8) is 0 Å². The zero-order valence-electron chi connectivity index (χ0n) is 15.6. The van der Waals surface area contributed by atoms with E-state index in [0.29, 0.717) is 23.5 Å². The van der Waals surface area contributed by atoms with E-state index in [9.17, 15) is 9.59 Å². The Labute approximate surface area is 160 Å². The summed E-state index contributed by atoms with van der Waals surface area (Å²) in [6.07, 6.45) is 0. The van der Waals surface area contributed by atoms with Gasteiger partial charge in [-0.2, -0.15) is 0 Å². The first-order chi connectivity index (χ1) is 11.7. The van der Waals surface area contributed by atoms with Crippen LogP contribution in [0.3, 0.4) is 0 Å². The highest BCUT2D eigenvalue weighted by molar-refractivity contribution is 6.05.